The van der Waals surface area contributed by atoms with Gasteiger partial charge in [0.15, 0.2) is 0 Å². The van der Waals surface area contributed by atoms with Crippen LogP contribution in [0.15, 0.2) is 48.5 Å². The normalized spacial score (nSPS) is 20.9. The molecule has 0 saturated heterocycles. The maximum Gasteiger partial charge on any atom is 0.416 e. The van der Waals surface area contributed by atoms with Crippen molar-refractivity contribution in [2.45, 2.75) is 19.0 Å². The highest BCUT2D eigenvalue weighted by molar-refractivity contribution is 6.05. The van der Waals surface area contributed by atoms with Crippen molar-refractivity contribution in [3.63, 3.8) is 0 Å². The van der Waals surface area contributed by atoms with E-state index in [-0.39, 0.29) is 11.6 Å². The fourth-order valence-corrected chi connectivity index (χ4v) is 3.53. The molecule has 1 aliphatic carbocycles. The highest BCUT2D eigenvalue weighted by atomic mass is 19.4. The number of anilines is 2. The van der Waals surface area contributed by atoms with Gasteiger partial charge in [0.05, 0.1) is 17.4 Å². The fraction of sp³-hybridized carbons (Fsp3) is 0.300. The molecule has 1 heterocycles. The van der Waals surface area contributed by atoms with Crippen molar-refractivity contribution in [2.24, 2.45) is 11.8 Å². The predicted molar refractivity (Wildman–Crippen MR) is 94.2 cm³/mol. The van der Waals surface area contributed by atoms with Crippen molar-refractivity contribution in [1.29, 1.82) is 0 Å². The summed E-state index contributed by atoms with van der Waals surface area (Å²) in [5.74, 6) is -1.42. The van der Waals surface area contributed by atoms with E-state index in [1.807, 2.05) is 24.3 Å². The Balaban J connectivity index is 1.41. The standard InChI is InChI=1S/C20H17F3N2O2/c21-20(22,23)13-5-3-6-14(10-13)24-18(26)15-11-16(15)19(27)25-9-8-12-4-1-2-7-17(12)25/h1-7,10,15-16H,8-9,11H2,(H,24,26). The second-order valence-electron chi connectivity index (χ2n) is 6.89. The summed E-state index contributed by atoms with van der Waals surface area (Å²) in [7, 11) is 0. The van der Waals surface area contributed by atoms with E-state index >= 15 is 0 Å². The number of carbonyl (C=O) groups excluding carboxylic acids is 2. The lowest BCUT2D eigenvalue weighted by atomic mass is 10.1. The zero-order valence-electron chi connectivity index (χ0n) is 14.3. The number of para-hydroxylation sites is 1. The van der Waals surface area contributed by atoms with Gasteiger partial charge in [-0.3, -0.25) is 9.59 Å². The number of benzene rings is 2. The highest BCUT2D eigenvalue weighted by Gasteiger charge is 2.50. The van der Waals surface area contributed by atoms with E-state index in [4.69, 9.17) is 0 Å². The van der Waals surface area contributed by atoms with Gasteiger partial charge >= 0.3 is 6.18 Å². The first-order valence-corrected chi connectivity index (χ1v) is 8.72. The summed E-state index contributed by atoms with van der Waals surface area (Å²) in [6.45, 7) is 0.594. The largest absolute Gasteiger partial charge is 0.416 e. The first kappa shape index (κ1) is 17.6. The summed E-state index contributed by atoms with van der Waals surface area (Å²) in [4.78, 5) is 26.8. The highest BCUT2D eigenvalue weighted by Crippen LogP contribution is 2.43. The third-order valence-electron chi connectivity index (χ3n) is 5.06. The van der Waals surface area contributed by atoms with Crippen LogP contribution >= 0.6 is 0 Å². The fourth-order valence-electron chi connectivity index (χ4n) is 3.53. The van der Waals surface area contributed by atoms with Gasteiger partial charge in [-0.05, 0) is 42.7 Å². The second-order valence-corrected chi connectivity index (χ2v) is 6.89. The molecule has 2 amide bonds. The van der Waals surface area contributed by atoms with Gasteiger partial charge in [0.25, 0.3) is 0 Å². The van der Waals surface area contributed by atoms with Gasteiger partial charge < -0.3 is 10.2 Å². The number of rotatable bonds is 3. The molecule has 2 unspecified atom stereocenters. The van der Waals surface area contributed by atoms with Crippen molar-refractivity contribution in [1.82, 2.24) is 0 Å². The smallest absolute Gasteiger partial charge is 0.326 e. The Morgan fingerprint density at radius 2 is 1.81 bits per heavy atom. The lowest BCUT2D eigenvalue weighted by molar-refractivity contribution is -0.137. The molecule has 2 atom stereocenters. The average Bonchev–Trinajstić information content (AvgIpc) is 3.33. The minimum atomic E-state index is -4.47. The predicted octanol–water partition coefficient (Wildman–Crippen LogP) is 3.87. The number of amides is 2. The zero-order valence-corrected chi connectivity index (χ0v) is 14.3. The molecule has 27 heavy (non-hydrogen) atoms. The van der Waals surface area contributed by atoms with Crippen molar-refractivity contribution in [3.05, 3.63) is 59.7 Å². The number of fused-ring (bicyclic) bond motifs is 1. The Labute approximate surface area is 154 Å². The maximum atomic E-state index is 12.8. The monoisotopic (exact) mass is 374 g/mol. The van der Waals surface area contributed by atoms with Crippen LogP contribution in [0, 0.1) is 11.8 Å². The van der Waals surface area contributed by atoms with Gasteiger partial charge in [-0.1, -0.05) is 24.3 Å². The van der Waals surface area contributed by atoms with Crippen LogP contribution in [-0.2, 0) is 22.2 Å². The molecular formula is C20H17F3N2O2. The van der Waals surface area contributed by atoms with Crippen LogP contribution in [0.2, 0.25) is 0 Å². The molecule has 0 bridgehead atoms. The molecule has 2 aliphatic rings. The Kier molecular flexibility index (Phi) is 4.17. The molecule has 2 aromatic rings. The van der Waals surface area contributed by atoms with Gasteiger partial charge in [-0.25, -0.2) is 0 Å². The molecule has 1 fully saturated rings. The number of hydrogen-bond acceptors (Lipinski definition) is 2. The zero-order chi connectivity index (χ0) is 19.2. The SMILES string of the molecule is O=C(Nc1cccc(C(F)(F)F)c1)C1CC1C(=O)N1CCc2ccccc21. The van der Waals surface area contributed by atoms with Gasteiger partial charge in [0.2, 0.25) is 11.8 Å². The molecule has 0 aromatic heterocycles. The first-order valence-electron chi connectivity index (χ1n) is 8.72. The number of halogens is 3. The Bertz CT molecular complexity index is 910. The van der Waals surface area contributed by atoms with E-state index in [2.05, 4.69) is 5.32 Å². The van der Waals surface area contributed by atoms with Crippen LogP contribution in [0.25, 0.3) is 0 Å². The molecular weight excluding hydrogens is 357 g/mol. The molecule has 4 rings (SSSR count). The Hall–Kier alpha value is -2.83. The van der Waals surface area contributed by atoms with Crippen molar-refractivity contribution in [3.8, 4) is 0 Å². The number of carbonyl (C=O) groups is 2. The summed E-state index contributed by atoms with van der Waals surface area (Å²) < 4.78 is 38.3. The topological polar surface area (TPSA) is 49.4 Å². The molecule has 4 nitrogen and oxygen atoms in total. The van der Waals surface area contributed by atoms with Crippen LogP contribution in [0.4, 0.5) is 24.5 Å². The van der Waals surface area contributed by atoms with Gasteiger partial charge in [0.1, 0.15) is 0 Å². The van der Waals surface area contributed by atoms with Crippen LogP contribution in [0.5, 0.6) is 0 Å². The lowest BCUT2D eigenvalue weighted by Crippen LogP contribution is -2.32. The Morgan fingerprint density at radius 3 is 2.59 bits per heavy atom. The van der Waals surface area contributed by atoms with Crippen LogP contribution in [-0.4, -0.2) is 18.4 Å². The number of hydrogen-bond donors (Lipinski definition) is 1. The summed E-state index contributed by atoms with van der Waals surface area (Å²) in [6.07, 6.45) is -3.26. The summed E-state index contributed by atoms with van der Waals surface area (Å²) in [5.41, 5.74) is 1.25. The van der Waals surface area contributed by atoms with E-state index in [0.717, 1.165) is 29.8 Å². The van der Waals surface area contributed by atoms with E-state index in [1.54, 1.807) is 4.90 Å². The number of alkyl halides is 3. The second kappa shape index (κ2) is 6.40. The summed E-state index contributed by atoms with van der Waals surface area (Å²) in [5, 5.41) is 2.50. The average molecular weight is 374 g/mol. The first-order chi connectivity index (χ1) is 12.8. The van der Waals surface area contributed by atoms with Gasteiger partial charge in [-0.15, -0.1) is 0 Å². The third-order valence-corrected chi connectivity index (χ3v) is 5.06. The molecule has 7 heteroatoms. The molecule has 0 radical (unpaired) electrons. The van der Waals surface area contributed by atoms with Crippen LogP contribution in [0.1, 0.15) is 17.5 Å². The molecule has 2 aromatic carbocycles. The minimum Gasteiger partial charge on any atom is -0.326 e. The van der Waals surface area contributed by atoms with Crippen molar-refractivity contribution in [2.75, 3.05) is 16.8 Å². The summed E-state index contributed by atoms with van der Waals surface area (Å²) >= 11 is 0. The van der Waals surface area contributed by atoms with E-state index in [0.29, 0.717) is 13.0 Å². The van der Waals surface area contributed by atoms with E-state index < -0.39 is 29.5 Å². The number of nitrogens with one attached hydrogen (secondary N) is 1. The molecule has 140 valence electrons. The maximum absolute atomic E-state index is 12.8. The van der Waals surface area contributed by atoms with E-state index in [9.17, 15) is 22.8 Å². The minimum absolute atomic E-state index is 0.0828. The Morgan fingerprint density at radius 1 is 1.04 bits per heavy atom. The van der Waals surface area contributed by atoms with Crippen LogP contribution < -0.4 is 10.2 Å². The number of nitrogens with zero attached hydrogens (tertiary/aromatic N) is 1. The van der Waals surface area contributed by atoms with Crippen LogP contribution in [0.3, 0.4) is 0 Å². The molecule has 1 N–H and O–H groups in total. The molecule has 1 aliphatic heterocycles. The quantitative estimate of drug-likeness (QED) is 0.887. The molecule has 0 spiro atoms. The van der Waals surface area contributed by atoms with E-state index in [1.165, 1.54) is 12.1 Å². The van der Waals surface area contributed by atoms with Crippen molar-refractivity contribution < 1.29 is 22.8 Å². The lowest BCUT2D eigenvalue weighted by Gasteiger charge is -2.17. The van der Waals surface area contributed by atoms with Gasteiger partial charge in [0, 0.05) is 17.9 Å². The van der Waals surface area contributed by atoms with Crippen molar-refractivity contribution >= 4 is 23.2 Å². The molecule has 1 saturated carbocycles. The summed E-state index contributed by atoms with van der Waals surface area (Å²) in [6, 6.07) is 12.2. The van der Waals surface area contributed by atoms with Gasteiger partial charge in [-0.2, -0.15) is 13.2 Å². The third kappa shape index (κ3) is 3.41.